The van der Waals surface area contributed by atoms with Gasteiger partial charge in [0.2, 0.25) is 5.75 Å². The van der Waals surface area contributed by atoms with Crippen molar-refractivity contribution in [1.82, 2.24) is 15.3 Å². The Balaban J connectivity index is 1.51. The van der Waals surface area contributed by atoms with E-state index in [1.165, 1.54) is 12.1 Å². The van der Waals surface area contributed by atoms with Crippen LogP contribution in [0.15, 0.2) is 47.3 Å². The summed E-state index contributed by atoms with van der Waals surface area (Å²) in [6.07, 6.45) is 4.36. The molecule has 34 heavy (non-hydrogen) atoms. The number of aromatic nitrogens is 2. The molecule has 1 aromatic carbocycles. The smallest absolute Gasteiger partial charge is 0.205 e. The number of anilines is 2. The average Bonchev–Trinajstić information content (AvgIpc) is 3.28. The maximum atomic E-state index is 14.0. The Labute approximate surface area is 205 Å². The van der Waals surface area contributed by atoms with Crippen molar-refractivity contribution in [1.29, 1.82) is 0 Å². The maximum absolute atomic E-state index is 14.0. The van der Waals surface area contributed by atoms with Gasteiger partial charge in [-0.15, -0.1) is 0 Å². The summed E-state index contributed by atoms with van der Waals surface area (Å²) in [5.74, 6) is 0.695. The highest BCUT2D eigenvalue weighted by Crippen LogP contribution is 2.41. The summed E-state index contributed by atoms with van der Waals surface area (Å²) >= 11 is 12.4. The Morgan fingerprint density at radius 3 is 2.79 bits per heavy atom. The summed E-state index contributed by atoms with van der Waals surface area (Å²) in [6.45, 7) is 5.32. The highest BCUT2D eigenvalue weighted by atomic mass is 35.5. The highest BCUT2D eigenvalue weighted by molar-refractivity contribution is 6.36. The number of hydrogen-bond acceptors (Lipinski definition) is 7. The summed E-state index contributed by atoms with van der Waals surface area (Å²) in [6, 6.07) is 6.59. The number of benzene rings is 1. The molecule has 0 radical (unpaired) electrons. The van der Waals surface area contributed by atoms with Gasteiger partial charge >= 0.3 is 0 Å². The highest BCUT2D eigenvalue weighted by Gasteiger charge is 2.23. The van der Waals surface area contributed by atoms with Gasteiger partial charge in [0.05, 0.1) is 16.7 Å². The second-order valence-corrected chi connectivity index (χ2v) is 8.81. The number of fused-ring (bicyclic) bond motifs is 1. The van der Waals surface area contributed by atoms with Gasteiger partial charge in [0.15, 0.2) is 11.4 Å². The first-order chi connectivity index (χ1) is 16.4. The number of pyridine rings is 2. The van der Waals surface area contributed by atoms with Crippen molar-refractivity contribution in [3.05, 3.63) is 64.3 Å². The van der Waals surface area contributed by atoms with Gasteiger partial charge in [-0.3, -0.25) is 0 Å². The minimum absolute atomic E-state index is 0.101. The van der Waals surface area contributed by atoms with E-state index in [0.29, 0.717) is 11.1 Å². The molecule has 5 rings (SSSR count). The van der Waals surface area contributed by atoms with Crippen LogP contribution in [-0.4, -0.2) is 36.1 Å². The third-order valence-electron chi connectivity index (χ3n) is 5.88. The van der Waals surface area contributed by atoms with Crippen LogP contribution < -0.4 is 20.7 Å². The maximum Gasteiger partial charge on any atom is 0.205 e. The molecule has 0 aliphatic carbocycles. The topological polar surface area (TPSA) is 89.4 Å². The Hall–Kier alpha value is -3.07. The van der Waals surface area contributed by atoms with Crippen molar-refractivity contribution >= 4 is 45.8 Å². The summed E-state index contributed by atoms with van der Waals surface area (Å²) in [5, 5.41) is 4.26. The van der Waals surface area contributed by atoms with Gasteiger partial charge in [0, 0.05) is 54.7 Å². The first-order valence-electron chi connectivity index (χ1n) is 10.8. The number of nitrogens with one attached hydrogen (secondary N) is 1. The fraction of sp³-hybridized carbons (Fsp3) is 0.250. The first kappa shape index (κ1) is 22.7. The molecule has 0 amide bonds. The van der Waals surface area contributed by atoms with Crippen molar-refractivity contribution in [3.8, 4) is 16.9 Å². The molecule has 10 heteroatoms. The molecule has 1 unspecified atom stereocenters. The summed E-state index contributed by atoms with van der Waals surface area (Å²) in [5.41, 5.74) is 8.65. The Morgan fingerprint density at radius 2 is 2.00 bits per heavy atom. The number of hydrogen-bond donors (Lipinski definition) is 2. The fourth-order valence-electron chi connectivity index (χ4n) is 4.12. The normalized spacial score (nSPS) is 15.0. The van der Waals surface area contributed by atoms with Gasteiger partial charge in [-0.05, 0) is 36.8 Å². The van der Waals surface area contributed by atoms with Crippen LogP contribution in [-0.2, 0) is 0 Å². The van der Waals surface area contributed by atoms with Gasteiger partial charge in [0.1, 0.15) is 17.7 Å². The van der Waals surface area contributed by atoms with Crippen molar-refractivity contribution in [2.45, 2.75) is 13.0 Å². The van der Waals surface area contributed by atoms with Crippen LogP contribution in [0.2, 0.25) is 10.0 Å². The van der Waals surface area contributed by atoms with E-state index in [4.69, 9.17) is 38.1 Å². The lowest BCUT2D eigenvalue weighted by atomic mass is 10.1. The van der Waals surface area contributed by atoms with Gasteiger partial charge < -0.3 is 25.1 Å². The number of nitrogens with zero attached hydrogens (tertiary/aromatic N) is 3. The zero-order valence-electron chi connectivity index (χ0n) is 18.3. The lowest BCUT2D eigenvalue weighted by molar-refractivity contribution is 0.227. The van der Waals surface area contributed by atoms with E-state index in [1.54, 1.807) is 25.6 Å². The van der Waals surface area contributed by atoms with E-state index in [2.05, 4.69) is 20.2 Å². The minimum Gasteiger partial charge on any atom is -0.478 e. The van der Waals surface area contributed by atoms with E-state index >= 15 is 0 Å². The molecule has 0 saturated carbocycles. The van der Waals surface area contributed by atoms with Crippen LogP contribution in [0.5, 0.6) is 5.75 Å². The molecule has 7 nitrogen and oxygen atoms in total. The number of ether oxygens (including phenoxy) is 1. The number of furan rings is 1. The molecule has 4 aromatic rings. The molecule has 4 heterocycles. The second-order valence-electron chi connectivity index (χ2n) is 8.02. The predicted octanol–water partition coefficient (Wildman–Crippen LogP) is 5.47. The van der Waals surface area contributed by atoms with Gasteiger partial charge in [0.25, 0.3) is 0 Å². The molecule has 1 aliphatic rings. The molecule has 0 bridgehead atoms. The SMILES string of the molecule is CC(Oc1c(N)ncc2c(-c3ccnc(N4CCNCC4)c3)coc12)c1c(Cl)ccc(F)c1Cl. The molecule has 1 aliphatic heterocycles. The monoisotopic (exact) mass is 501 g/mol. The van der Waals surface area contributed by atoms with E-state index in [1.807, 2.05) is 12.1 Å². The van der Waals surface area contributed by atoms with E-state index in [9.17, 15) is 4.39 Å². The number of piperazine rings is 1. The summed E-state index contributed by atoms with van der Waals surface area (Å²) < 4.78 is 26.0. The molecule has 0 spiro atoms. The van der Waals surface area contributed by atoms with Crippen molar-refractivity contribution in [2.24, 2.45) is 0 Å². The van der Waals surface area contributed by atoms with Crippen LogP contribution in [0.25, 0.3) is 22.1 Å². The van der Waals surface area contributed by atoms with E-state index in [-0.39, 0.29) is 21.6 Å². The molecular weight excluding hydrogens is 480 g/mol. The van der Waals surface area contributed by atoms with Gasteiger partial charge in [-0.25, -0.2) is 14.4 Å². The Morgan fingerprint density at radius 1 is 1.21 bits per heavy atom. The van der Waals surface area contributed by atoms with Crippen molar-refractivity contribution in [3.63, 3.8) is 0 Å². The fourth-order valence-corrected chi connectivity index (χ4v) is 4.80. The van der Waals surface area contributed by atoms with Crippen LogP contribution >= 0.6 is 23.2 Å². The third-order valence-corrected chi connectivity index (χ3v) is 6.59. The Bertz CT molecular complexity index is 1360. The number of nitrogens with two attached hydrogens (primary N) is 1. The molecule has 1 fully saturated rings. The quantitative estimate of drug-likeness (QED) is 0.350. The standard InChI is InChI=1S/C24H22Cl2FN5O2/c1-13(20-17(25)2-3-18(27)21(20)26)34-23-22-15(11-31-24(23)28)16(12-33-22)14-4-5-30-19(10-14)32-8-6-29-7-9-32/h2-5,10-13,29H,6-9H2,1H3,(H2,28,31). The van der Waals surface area contributed by atoms with Crippen LogP contribution in [0.4, 0.5) is 16.0 Å². The first-order valence-corrected chi connectivity index (χ1v) is 11.6. The number of rotatable bonds is 5. The van der Waals surface area contributed by atoms with Crippen LogP contribution in [0.3, 0.4) is 0 Å². The molecule has 3 aromatic heterocycles. The zero-order valence-corrected chi connectivity index (χ0v) is 19.8. The van der Waals surface area contributed by atoms with Crippen LogP contribution in [0.1, 0.15) is 18.6 Å². The van der Waals surface area contributed by atoms with Crippen molar-refractivity contribution in [2.75, 3.05) is 36.8 Å². The largest absolute Gasteiger partial charge is 0.478 e. The second kappa shape index (κ2) is 9.29. The molecule has 1 saturated heterocycles. The number of nitrogen functional groups attached to an aromatic ring is 1. The summed E-state index contributed by atoms with van der Waals surface area (Å²) in [4.78, 5) is 11.1. The predicted molar refractivity (Wildman–Crippen MR) is 132 cm³/mol. The van der Waals surface area contributed by atoms with E-state index < -0.39 is 11.9 Å². The number of halogens is 3. The summed E-state index contributed by atoms with van der Waals surface area (Å²) in [7, 11) is 0. The van der Waals surface area contributed by atoms with Gasteiger partial charge in [-0.2, -0.15) is 0 Å². The van der Waals surface area contributed by atoms with E-state index in [0.717, 1.165) is 48.5 Å². The average molecular weight is 502 g/mol. The minimum atomic E-state index is -0.709. The van der Waals surface area contributed by atoms with Crippen LogP contribution in [0, 0.1) is 5.82 Å². The molecular formula is C24H22Cl2FN5O2. The lowest BCUT2D eigenvalue weighted by Gasteiger charge is -2.28. The van der Waals surface area contributed by atoms with Gasteiger partial charge in [-0.1, -0.05) is 23.2 Å². The van der Waals surface area contributed by atoms with Crippen molar-refractivity contribution < 1.29 is 13.5 Å². The third kappa shape index (κ3) is 4.13. The zero-order chi connectivity index (χ0) is 23.8. The molecule has 3 N–H and O–H groups in total. The Kier molecular flexibility index (Phi) is 6.20. The molecule has 1 atom stereocenters. The lowest BCUT2D eigenvalue weighted by Crippen LogP contribution is -2.43. The molecule has 176 valence electrons.